The lowest BCUT2D eigenvalue weighted by molar-refractivity contribution is -0.384. The fourth-order valence-corrected chi connectivity index (χ4v) is 1.71. The van der Waals surface area contributed by atoms with Crippen LogP contribution in [-0.4, -0.2) is 16.0 Å². The van der Waals surface area contributed by atoms with E-state index in [9.17, 15) is 14.9 Å². The van der Waals surface area contributed by atoms with Crippen molar-refractivity contribution in [2.45, 2.75) is 6.92 Å². The molecule has 0 heterocycles. The van der Waals surface area contributed by atoms with E-state index in [1.165, 1.54) is 36.4 Å². The molecule has 1 N–H and O–H groups in total. The highest BCUT2D eigenvalue weighted by Crippen LogP contribution is 2.25. The minimum absolute atomic E-state index is 0.0187. The van der Waals surface area contributed by atoms with Crippen LogP contribution in [0.25, 0.3) is 0 Å². The Morgan fingerprint density at radius 3 is 2.25 bits per heavy atom. The summed E-state index contributed by atoms with van der Waals surface area (Å²) in [6.45, 7) is 1.67. The van der Waals surface area contributed by atoms with Crippen molar-refractivity contribution < 1.29 is 19.6 Å². The zero-order valence-electron chi connectivity index (χ0n) is 10.6. The van der Waals surface area contributed by atoms with Crippen molar-refractivity contribution in [3.63, 3.8) is 0 Å². The van der Waals surface area contributed by atoms with Gasteiger partial charge in [0, 0.05) is 12.1 Å². The Bertz CT molecular complexity index is 664. The van der Waals surface area contributed by atoms with Crippen LogP contribution in [0.4, 0.5) is 5.69 Å². The lowest BCUT2D eigenvalue weighted by atomic mass is 10.1. The zero-order chi connectivity index (χ0) is 14.7. The van der Waals surface area contributed by atoms with E-state index in [1.54, 1.807) is 13.0 Å². The molecule has 0 atom stereocenters. The average molecular weight is 273 g/mol. The quantitative estimate of drug-likeness (QED) is 0.681. The third-order valence-electron chi connectivity index (χ3n) is 2.71. The molecule has 0 saturated carbocycles. The number of hydrogen-bond acceptors (Lipinski definition) is 4. The second kappa shape index (κ2) is 5.40. The topological polar surface area (TPSA) is 89.7 Å². The van der Waals surface area contributed by atoms with Crippen LogP contribution >= 0.6 is 0 Å². The second-order valence-corrected chi connectivity index (χ2v) is 4.13. The highest BCUT2D eigenvalue weighted by atomic mass is 16.6. The lowest BCUT2D eigenvalue weighted by Gasteiger charge is -2.07. The van der Waals surface area contributed by atoms with Crippen molar-refractivity contribution in [3.05, 3.63) is 63.7 Å². The molecule has 0 aliphatic rings. The van der Waals surface area contributed by atoms with E-state index in [4.69, 9.17) is 9.84 Å². The average Bonchev–Trinajstić information content (AvgIpc) is 2.39. The number of rotatable bonds is 4. The molecule has 2 rings (SSSR count). The molecular weight excluding hydrogens is 262 g/mol. The molecule has 0 amide bonds. The van der Waals surface area contributed by atoms with Crippen LogP contribution in [0, 0.1) is 17.0 Å². The van der Waals surface area contributed by atoms with Gasteiger partial charge in [-0.1, -0.05) is 0 Å². The summed E-state index contributed by atoms with van der Waals surface area (Å²) in [7, 11) is 0. The molecule has 0 aromatic heterocycles. The summed E-state index contributed by atoms with van der Waals surface area (Å²) in [4.78, 5) is 20.9. The van der Waals surface area contributed by atoms with Crippen molar-refractivity contribution >= 4 is 11.7 Å². The van der Waals surface area contributed by atoms with E-state index in [0.717, 1.165) is 0 Å². The third kappa shape index (κ3) is 2.92. The number of nitro benzene ring substituents is 1. The van der Waals surface area contributed by atoms with Crippen LogP contribution in [0.1, 0.15) is 15.9 Å². The Hall–Kier alpha value is -2.89. The van der Waals surface area contributed by atoms with Gasteiger partial charge in [-0.15, -0.1) is 0 Å². The predicted octanol–water partition coefficient (Wildman–Crippen LogP) is 3.39. The summed E-state index contributed by atoms with van der Waals surface area (Å²) in [6, 6.07) is 10.2. The van der Waals surface area contributed by atoms with Crippen LogP contribution in [0.5, 0.6) is 11.5 Å². The molecule has 0 spiro atoms. The molecule has 0 bridgehead atoms. The summed E-state index contributed by atoms with van der Waals surface area (Å²) in [5.74, 6) is -0.0798. The largest absolute Gasteiger partial charge is 0.478 e. The number of benzene rings is 2. The predicted molar refractivity (Wildman–Crippen MR) is 71.3 cm³/mol. The van der Waals surface area contributed by atoms with E-state index in [-0.39, 0.29) is 11.3 Å². The van der Waals surface area contributed by atoms with E-state index >= 15 is 0 Å². The Labute approximate surface area is 114 Å². The van der Waals surface area contributed by atoms with E-state index in [0.29, 0.717) is 17.1 Å². The highest BCUT2D eigenvalue weighted by Gasteiger charge is 2.09. The Morgan fingerprint density at radius 1 is 1.15 bits per heavy atom. The SMILES string of the molecule is Cc1cc(Oc2ccc([N+](=O)[O-])cc2)ccc1C(=O)O. The van der Waals surface area contributed by atoms with Crippen molar-refractivity contribution in [1.29, 1.82) is 0 Å². The summed E-state index contributed by atoms with van der Waals surface area (Å²) >= 11 is 0. The number of carboxylic acid groups (broad SMARTS) is 1. The Morgan fingerprint density at radius 2 is 1.75 bits per heavy atom. The number of nitro groups is 1. The molecular formula is C14H11NO5. The molecule has 0 radical (unpaired) electrons. The third-order valence-corrected chi connectivity index (χ3v) is 2.71. The molecule has 0 aliphatic carbocycles. The Balaban J connectivity index is 2.19. The van der Waals surface area contributed by atoms with Gasteiger partial charge in [0.2, 0.25) is 0 Å². The number of hydrogen-bond donors (Lipinski definition) is 1. The Kier molecular flexibility index (Phi) is 3.65. The normalized spacial score (nSPS) is 10.1. The number of non-ortho nitro benzene ring substituents is 1. The molecule has 6 nitrogen and oxygen atoms in total. The monoisotopic (exact) mass is 273 g/mol. The molecule has 2 aromatic rings. The molecule has 102 valence electrons. The standard InChI is InChI=1S/C14H11NO5/c1-9-8-12(6-7-13(9)14(16)17)20-11-4-2-10(3-5-11)15(18)19/h2-8H,1H3,(H,16,17). The van der Waals surface area contributed by atoms with Gasteiger partial charge in [-0.2, -0.15) is 0 Å². The van der Waals surface area contributed by atoms with Crippen LogP contribution < -0.4 is 4.74 Å². The molecule has 6 heteroatoms. The van der Waals surface area contributed by atoms with E-state index in [2.05, 4.69) is 0 Å². The van der Waals surface area contributed by atoms with Crippen molar-refractivity contribution in [2.24, 2.45) is 0 Å². The number of carbonyl (C=O) groups is 1. The summed E-state index contributed by atoms with van der Waals surface area (Å²) < 4.78 is 5.51. The molecule has 2 aromatic carbocycles. The smallest absolute Gasteiger partial charge is 0.335 e. The first-order valence-electron chi connectivity index (χ1n) is 5.73. The van der Waals surface area contributed by atoms with Crippen molar-refractivity contribution in [2.75, 3.05) is 0 Å². The van der Waals surface area contributed by atoms with Gasteiger partial charge in [0.1, 0.15) is 11.5 Å². The van der Waals surface area contributed by atoms with Gasteiger partial charge in [0.15, 0.2) is 0 Å². The van der Waals surface area contributed by atoms with E-state index < -0.39 is 10.9 Å². The van der Waals surface area contributed by atoms with Gasteiger partial charge < -0.3 is 9.84 Å². The van der Waals surface area contributed by atoms with Crippen LogP contribution in [0.3, 0.4) is 0 Å². The minimum atomic E-state index is -0.996. The highest BCUT2D eigenvalue weighted by molar-refractivity contribution is 5.89. The van der Waals surface area contributed by atoms with Crippen LogP contribution in [0.2, 0.25) is 0 Å². The van der Waals surface area contributed by atoms with Crippen molar-refractivity contribution in [1.82, 2.24) is 0 Å². The summed E-state index contributed by atoms with van der Waals surface area (Å²) in [6.07, 6.45) is 0. The van der Waals surface area contributed by atoms with Gasteiger partial charge in [-0.05, 0) is 42.8 Å². The maximum atomic E-state index is 10.9. The molecule has 0 saturated heterocycles. The first-order chi connectivity index (χ1) is 9.47. The number of nitrogens with zero attached hydrogens (tertiary/aromatic N) is 1. The van der Waals surface area contributed by atoms with Gasteiger partial charge in [-0.25, -0.2) is 4.79 Å². The molecule has 0 unspecified atom stereocenters. The number of ether oxygens (including phenoxy) is 1. The van der Waals surface area contributed by atoms with Gasteiger partial charge >= 0.3 is 5.97 Å². The maximum Gasteiger partial charge on any atom is 0.335 e. The summed E-state index contributed by atoms with van der Waals surface area (Å²) in [5, 5.41) is 19.4. The minimum Gasteiger partial charge on any atom is -0.478 e. The molecule has 0 aliphatic heterocycles. The maximum absolute atomic E-state index is 10.9. The lowest BCUT2D eigenvalue weighted by Crippen LogP contribution is -1.99. The van der Waals surface area contributed by atoms with Crippen molar-refractivity contribution in [3.8, 4) is 11.5 Å². The van der Waals surface area contributed by atoms with Gasteiger partial charge in [0.25, 0.3) is 5.69 Å². The zero-order valence-corrected chi connectivity index (χ0v) is 10.6. The number of aryl methyl sites for hydroxylation is 1. The molecule has 0 fully saturated rings. The summed E-state index contributed by atoms with van der Waals surface area (Å²) in [5.41, 5.74) is 0.771. The molecule has 20 heavy (non-hydrogen) atoms. The van der Waals surface area contributed by atoms with Gasteiger partial charge in [-0.3, -0.25) is 10.1 Å². The first kappa shape index (κ1) is 13.5. The fourth-order valence-electron chi connectivity index (χ4n) is 1.71. The van der Waals surface area contributed by atoms with E-state index in [1.807, 2.05) is 0 Å². The second-order valence-electron chi connectivity index (χ2n) is 4.13. The van der Waals surface area contributed by atoms with Crippen LogP contribution in [0.15, 0.2) is 42.5 Å². The first-order valence-corrected chi connectivity index (χ1v) is 5.73. The fraction of sp³-hybridized carbons (Fsp3) is 0.0714. The number of carboxylic acids is 1. The van der Waals surface area contributed by atoms with Gasteiger partial charge in [0.05, 0.1) is 10.5 Å². The van der Waals surface area contributed by atoms with Crippen LogP contribution in [-0.2, 0) is 0 Å². The number of aromatic carboxylic acids is 1.